The molecule has 2 aliphatic rings. The summed E-state index contributed by atoms with van der Waals surface area (Å²) < 4.78 is 22.9. The predicted octanol–water partition coefficient (Wildman–Crippen LogP) is 18.1. The average molecular weight is 1400 g/mol. The molecule has 0 aliphatic carbocycles. The van der Waals surface area contributed by atoms with Gasteiger partial charge in [-0.3, -0.25) is 4.79 Å². The number of ether oxygens (including phenoxy) is 4. The highest BCUT2D eigenvalue weighted by atomic mass is 16.7. The molecule has 14 nitrogen and oxygen atoms in total. The second-order valence-corrected chi connectivity index (χ2v) is 27.1. The summed E-state index contributed by atoms with van der Waals surface area (Å²) in [5, 5.41) is 87.6. The quantitative estimate of drug-likeness (QED) is 0.0204. The first-order chi connectivity index (χ1) is 49.1. The third-order valence-electron chi connectivity index (χ3n) is 18.2. The van der Waals surface area contributed by atoms with E-state index >= 15 is 0 Å². The number of carbonyl (C=O) groups excluding carboxylic acids is 1. The van der Waals surface area contributed by atoms with Crippen molar-refractivity contribution < 1.29 is 64.6 Å². The molecule has 0 radical (unpaired) electrons. The van der Waals surface area contributed by atoms with Crippen LogP contribution in [0.5, 0.6) is 0 Å². The summed E-state index contributed by atoms with van der Waals surface area (Å²) in [6, 6.07) is -0.964. The van der Waals surface area contributed by atoms with E-state index in [1.807, 2.05) is 6.08 Å². The van der Waals surface area contributed by atoms with E-state index in [-0.39, 0.29) is 18.9 Å². The Balaban J connectivity index is 1.68. The van der Waals surface area contributed by atoms with Crippen LogP contribution in [0.1, 0.15) is 284 Å². The molecule has 12 atom stereocenters. The first-order valence-electron chi connectivity index (χ1n) is 39.7. The SMILES string of the molecule is CC/C=C\C/C=C\C/C=C\C/C=C\C/C=C\C/C=C\C/C=C\C/C=C\C/C=C\C/C=C\C/C=C\CCCCCC(=O)NC(COC1OC(CO)C(OC2OC(CO)C(O)C(O)C2O)C(O)C1O)C(O)/C=C/CC/C=C/CCCCCCCCCCCCCCCCCCCCCCCCC. The van der Waals surface area contributed by atoms with Crippen molar-refractivity contribution in [2.24, 2.45) is 0 Å². The Labute approximate surface area is 607 Å². The van der Waals surface area contributed by atoms with Crippen LogP contribution in [-0.4, -0.2) is 140 Å². The topological polar surface area (TPSA) is 228 Å². The lowest BCUT2D eigenvalue weighted by molar-refractivity contribution is -0.359. The van der Waals surface area contributed by atoms with Crippen LogP contribution < -0.4 is 5.32 Å². The van der Waals surface area contributed by atoms with Gasteiger partial charge >= 0.3 is 0 Å². The van der Waals surface area contributed by atoms with Crippen molar-refractivity contribution in [3.63, 3.8) is 0 Å². The molecule has 100 heavy (non-hydrogen) atoms. The van der Waals surface area contributed by atoms with E-state index in [0.29, 0.717) is 12.8 Å². The van der Waals surface area contributed by atoms with Crippen LogP contribution >= 0.6 is 0 Å². The van der Waals surface area contributed by atoms with Crippen LogP contribution in [0.15, 0.2) is 158 Å². The summed E-state index contributed by atoms with van der Waals surface area (Å²) in [6.07, 6.45) is 87.4. The Morgan fingerprint density at radius 1 is 0.370 bits per heavy atom. The van der Waals surface area contributed by atoms with Crippen molar-refractivity contribution in [1.29, 1.82) is 0 Å². The highest BCUT2D eigenvalue weighted by molar-refractivity contribution is 5.76. The van der Waals surface area contributed by atoms with Crippen LogP contribution in [0.25, 0.3) is 0 Å². The Kier molecular flexibility index (Phi) is 62.1. The zero-order valence-electron chi connectivity index (χ0n) is 62.4. The monoisotopic (exact) mass is 1400 g/mol. The highest BCUT2D eigenvalue weighted by Crippen LogP contribution is 2.30. The van der Waals surface area contributed by atoms with Gasteiger partial charge in [0.05, 0.1) is 32.0 Å². The van der Waals surface area contributed by atoms with Crippen molar-refractivity contribution in [3.8, 4) is 0 Å². The largest absolute Gasteiger partial charge is 0.394 e. The zero-order valence-corrected chi connectivity index (χ0v) is 62.4. The van der Waals surface area contributed by atoms with Gasteiger partial charge in [-0.25, -0.2) is 0 Å². The predicted molar refractivity (Wildman–Crippen MR) is 414 cm³/mol. The maximum absolute atomic E-state index is 13.4. The molecule has 570 valence electrons. The van der Waals surface area contributed by atoms with Crippen LogP contribution in [0.3, 0.4) is 0 Å². The van der Waals surface area contributed by atoms with Gasteiger partial charge in [-0.1, -0.05) is 320 Å². The Hall–Kier alpha value is -4.39. The van der Waals surface area contributed by atoms with Crippen molar-refractivity contribution in [1.82, 2.24) is 5.32 Å². The third kappa shape index (κ3) is 50.1. The number of rotatable bonds is 64. The summed E-state index contributed by atoms with van der Waals surface area (Å²) >= 11 is 0. The summed E-state index contributed by atoms with van der Waals surface area (Å²) in [5.74, 6) is -0.285. The second-order valence-electron chi connectivity index (χ2n) is 27.1. The lowest BCUT2D eigenvalue weighted by Gasteiger charge is -2.46. The fraction of sp³-hybridized carbons (Fsp3) is 0.686. The van der Waals surface area contributed by atoms with Gasteiger partial charge in [0, 0.05) is 6.42 Å². The van der Waals surface area contributed by atoms with Gasteiger partial charge in [0.1, 0.15) is 48.8 Å². The number of allylic oxidation sites excluding steroid dienone is 25. The standard InChI is InChI=1S/C86H143NO13/c1-3-5-7-9-11-13-15-17-19-21-23-25-27-29-31-33-34-35-36-37-38-39-40-42-44-46-48-50-52-54-56-58-60-62-64-66-68-70-78(91)87-74(73-97-85-83(96)81(94)84(77(72-89)99-85)100-86-82(95)80(93)79(92)76(71-88)98-86)75(90)69-67-65-63-61-59-57-55-53-51-49-47-45-43-41-32-30-28-26-24-22-20-18-16-14-12-10-8-6-4-2/h5,7,11,13,17,19,23,25,29,31,34-35,37-38,40,42,46,48,52,54,58-61,67,69,74-77,79-86,88-90,92-96H,3-4,6,8-10,12,14-16,18,20-22,24,26-28,30,32-33,36,39,41,43-45,47,49-51,53,55-57,62-66,68,70-73H2,1-2H3,(H,87,91)/b7-5-,13-11-,19-17-,25-23-,31-29-,35-34-,38-37-,42-40-,48-46-,54-52-,60-58-,61-59+,69-67+. The summed E-state index contributed by atoms with van der Waals surface area (Å²) in [6.45, 7) is 2.66. The molecule has 0 aromatic heterocycles. The van der Waals surface area contributed by atoms with Crippen molar-refractivity contribution in [2.75, 3.05) is 19.8 Å². The number of aliphatic hydroxyl groups is 8. The molecule has 0 aromatic rings. The number of aliphatic hydroxyl groups excluding tert-OH is 8. The molecular weight excluding hydrogens is 1250 g/mol. The zero-order chi connectivity index (χ0) is 72.2. The van der Waals surface area contributed by atoms with E-state index in [0.717, 1.165) is 103 Å². The minimum atomic E-state index is -1.80. The number of nitrogens with one attached hydrogen (secondary N) is 1. The van der Waals surface area contributed by atoms with E-state index in [2.05, 4.69) is 165 Å². The van der Waals surface area contributed by atoms with Crippen LogP contribution in [0.4, 0.5) is 0 Å². The number of amides is 1. The maximum atomic E-state index is 13.4. The summed E-state index contributed by atoms with van der Waals surface area (Å²) in [5.41, 5.74) is 0. The minimum Gasteiger partial charge on any atom is -0.394 e. The van der Waals surface area contributed by atoms with Gasteiger partial charge < -0.3 is 65.1 Å². The van der Waals surface area contributed by atoms with Crippen molar-refractivity contribution in [2.45, 2.75) is 357 Å². The third-order valence-corrected chi connectivity index (χ3v) is 18.2. The molecule has 2 rings (SSSR count). The van der Waals surface area contributed by atoms with Crippen molar-refractivity contribution >= 4 is 5.91 Å². The van der Waals surface area contributed by atoms with E-state index in [1.54, 1.807) is 6.08 Å². The fourth-order valence-corrected chi connectivity index (χ4v) is 12.0. The van der Waals surface area contributed by atoms with Gasteiger partial charge in [0.15, 0.2) is 12.6 Å². The summed E-state index contributed by atoms with van der Waals surface area (Å²) in [4.78, 5) is 13.4. The van der Waals surface area contributed by atoms with Gasteiger partial charge in [0.2, 0.25) is 5.91 Å². The Bertz CT molecular complexity index is 2290. The number of hydrogen-bond donors (Lipinski definition) is 9. The molecule has 14 heteroatoms. The molecule has 0 aromatic carbocycles. The van der Waals surface area contributed by atoms with Crippen LogP contribution in [0.2, 0.25) is 0 Å². The lowest BCUT2D eigenvalue weighted by Crippen LogP contribution is -2.65. The average Bonchev–Trinajstić information content (AvgIpc) is 0.791. The molecule has 9 N–H and O–H groups in total. The number of unbranched alkanes of at least 4 members (excludes halogenated alkanes) is 27. The van der Waals surface area contributed by atoms with Gasteiger partial charge in [-0.2, -0.15) is 0 Å². The Morgan fingerprint density at radius 2 is 0.700 bits per heavy atom. The molecule has 1 amide bonds. The van der Waals surface area contributed by atoms with E-state index in [4.69, 9.17) is 18.9 Å². The molecule has 2 saturated heterocycles. The molecule has 0 bridgehead atoms. The van der Waals surface area contributed by atoms with Crippen LogP contribution in [0, 0.1) is 0 Å². The molecule has 2 aliphatic heterocycles. The minimum absolute atomic E-state index is 0.223. The molecule has 0 spiro atoms. The summed E-state index contributed by atoms with van der Waals surface area (Å²) in [7, 11) is 0. The smallest absolute Gasteiger partial charge is 0.220 e. The normalized spacial score (nSPS) is 22.7. The van der Waals surface area contributed by atoms with Gasteiger partial charge in [-0.15, -0.1) is 0 Å². The van der Waals surface area contributed by atoms with Gasteiger partial charge in [0.25, 0.3) is 0 Å². The van der Waals surface area contributed by atoms with Crippen molar-refractivity contribution in [3.05, 3.63) is 158 Å². The van der Waals surface area contributed by atoms with E-state index in [9.17, 15) is 45.6 Å². The first kappa shape index (κ1) is 91.7. The number of carbonyl (C=O) groups is 1. The molecular formula is C86H143NO13. The van der Waals surface area contributed by atoms with Gasteiger partial charge in [-0.05, 0) is 116 Å². The molecule has 2 heterocycles. The highest BCUT2D eigenvalue weighted by Gasteiger charge is 2.51. The maximum Gasteiger partial charge on any atom is 0.220 e. The van der Waals surface area contributed by atoms with Crippen LogP contribution in [-0.2, 0) is 23.7 Å². The lowest BCUT2D eigenvalue weighted by atomic mass is 9.97. The fourth-order valence-electron chi connectivity index (χ4n) is 12.0. The van der Waals surface area contributed by atoms with E-state index < -0.39 is 86.8 Å². The number of hydrogen-bond acceptors (Lipinski definition) is 13. The Morgan fingerprint density at radius 3 is 1.10 bits per heavy atom. The molecule has 12 unspecified atom stereocenters. The second kappa shape index (κ2) is 67.8. The first-order valence-corrected chi connectivity index (χ1v) is 39.7. The molecule has 2 fully saturated rings. The molecule has 0 saturated carbocycles. The van der Waals surface area contributed by atoms with E-state index in [1.165, 1.54) is 148 Å².